The molecule has 2 nitrogen and oxygen atoms in total. The Morgan fingerprint density at radius 3 is 1.52 bits per heavy atom. The van der Waals surface area contributed by atoms with Gasteiger partial charge in [-0.1, -0.05) is 105 Å². The molecular weight excluding hydrogens is 372 g/mol. The molecule has 0 N–H and O–H groups in total. The van der Waals surface area contributed by atoms with Crippen molar-refractivity contribution >= 4 is 8.56 Å². The molecule has 1 aliphatic carbocycles. The Hall–Kier alpha value is 0.137. The Bertz CT molecular complexity index is 349. The lowest BCUT2D eigenvalue weighted by Crippen LogP contribution is -2.45. The van der Waals surface area contributed by atoms with Gasteiger partial charge < -0.3 is 8.85 Å². The van der Waals surface area contributed by atoms with Gasteiger partial charge in [0.15, 0.2) is 0 Å². The largest absolute Gasteiger partial charge is 0.394 e. The van der Waals surface area contributed by atoms with Crippen LogP contribution in [0.4, 0.5) is 0 Å². The maximum atomic E-state index is 6.66. The van der Waals surface area contributed by atoms with Crippen molar-refractivity contribution in [3.05, 3.63) is 0 Å². The van der Waals surface area contributed by atoms with Crippen molar-refractivity contribution < 1.29 is 8.85 Å². The summed E-state index contributed by atoms with van der Waals surface area (Å²) in [7, 11) is -1.96. The smallest absolute Gasteiger partial charge is 0.337 e. The third-order valence-corrected chi connectivity index (χ3v) is 10.7. The maximum absolute atomic E-state index is 6.66. The third-order valence-electron chi connectivity index (χ3n) is 7.03. The molecule has 1 saturated carbocycles. The van der Waals surface area contributed by atoms with Crippen LogP contribution in [0.25, 0.3) is 0 Å². The predicted molar refractivity (Wildman–Crippen MR) is 131 cm³/mol. The lowest BCUT2D eigenvalue weighted by atomic mass is 9.89. The summed E-state index contributed by atoms with van der Waals surface area (Å²) in [6, 6.07) is 2.21. The van der Waals surface area contributed by atoms with Crippen LogP contribution in [0.3, 0.4) is 0 Å². The quantitative estimate of drug-likeness (QED) is 0.151. The van der Waals surface area contributed by atoms with Gasteiger partial charge in [0.1, 0.15) is 0 Å². The van der Waals surface area contributed by atoms with E-state index in [9.17, 15) is 0 Å². The Morgan fingerprint density at radius 2 is 1.07 bits per heavy atom. The van der Waals surface area contributed by atoms with Crippen LogP contribution in [0, 0.1) is 5.92 Å². The fraction of sp³-hybridized carbons (Fsp3) is 1.00. The van der Waals surface area contributed by atoms with Crippen molar-refractivity contribution in [2.45, 2.75) is 155 Å². The molecule has 0 unspecified atom stereocenters. The van der Waals surface area contributed by atoms with E-state index in [1.54, 1.807) is 0 Å². The topological polar surface area (TPSA) is 18.5 Å². The molecule has 0 amide bonds. The van der Waals surface area contributed by atoms with E-state index in [1.807, 2.05) is 0 Å². The zero-order valence-corrected chi connectivity index (χ0v) is 21.6. The summed E-state index contributed by atoms with van der Waals surface area (Å²) in [5.74, 6) is 0.890. The van der Waals surface area contributed by atoms with E-state index in [0.29, 0.717) is 6.10 Å². The Labute approximate surface area is 185 Å². The summed E-state index contributed by atoms with van der Waals surface area (Å²) in [4.78, 5) is 0. The van der Waals surface area contributed by atoms with Crippen LogP contribution in [0.15, 0.2) is 0 Å². The first kappa shape index (κ1) is 27.2. The van der Waals surface area contributed by atoms with Crippen LogP contribution in [-0.2, 0) is 8.85 Å². The van der Waals surface area contributed by atoms with Crippen LogP contribution in [0.2, 0.25) is 12.1 Å². The molecule has 0 spiro atoms. The van der Waals surface area contributed by atoms with Gasteiger partial charge in [0.25, 0.3) is 0 Å². The molecule has 3 heteroatoms. The zero-order valence-electron chi connectivity index (χ0n) is 20.6. The second-order valence-corrected chi connectivity index (χ2v) is 13.5. The van der Waals surface area contributed by atoms with Crippen LogP contribution in [0.1, 0.15) is 137 Å². The molecule has 0 saturated heterocycles. The summed E-state index contributed by atoms with van der Waals surface area (Å²) in [5.41, 5.74) is 0. The molecule has 29 heavy (non-hydrogen) atoms. The molecule has 0 radical (unpaired) electrons. The summed E-state index contributed by atoms with van der Waals surface area (Å²) < 4.78 is 13.1. The molecular formula is C26H54O2Si. The lowest BCUT2D eigenvalue weighted by molar-refractivity contribution is 0.0756. The minimum absolute atomic E-state index is 0.476. The van der Waals surface area contributed by atoms with E-state index in [4.69, 9.17) is 8.85 Å². The van der Waals surface area contributed by atoms with Gasteiger partial charge in [0.2, 0.25) is 0 Å². The van der Waals surface area contributed by atoms with Crippen LogP contribution in [-0.4, -0.2) is 21.3 Å². The number of hydrogen-bond donors (Lipinski definition) is 0. The Morgan fingerprint density at radius 1 is 0.621 bits per heavy atom. The van der Waals surface area contributed by atoms with Crippen molar-refractivity contribution in [3.8, 4) is 0 Å². The average molecular weight is 427 g/mol. The Balaban J connectivity index is 1.99. The predicted octanol–water partition coefficient (Wildman–Crippen LogP) is 9.17. The highest BCUT2D eigenvalue weighted by atomic mass is 28.4. The van der Waals surface area contributed by atoms with Gasteiger partial charge in [0, 0.05) is 12.7 Å². The molecule has 0 bridgehead atoms. The van der Waals surface area contributed by atoms with E-state index in [2.05, 4.69) is 27.7 Å². The Kier molecular flexibility index (Phi) is 16.7. The second kappa shape index (κ2) is 17.8. The lowest BCUT2D eigenvalue weighted by Gasteiger charge is -2.36. The first-order chi connectivity index (χ1) is 14.2. The monoisotopic (exact) mass is 426 g/mol. The van der Waals surface area contributed by atoms with Crippen LogP contribution < -0.4 is 0 Å². The summed E-state index contributed by atoms with van der Waals surface area (Å²) in [6.07, 6.45) is 23.9. The van der Waals surface area contributed by atoms with Gasteiger partial charge in [0.05, 0.1) is 0 Å². The maximum Gasteiger partial charge on any atom is 0.337 e. The first-order valence-corrected chi connectivity index (χ1v) is 15.7. The third kappa shape index (κ3) is 13.2. The van der Waals surface area contributed by atoms with Crippen molar-refractivity contribution in [2.24, 2.45) is 5.92 Å². The van der Waals surface area contributed by atoms with Gasteiger partial charge in [-0.3, -0.25) is 0 Å². The average Bonchev–Trinajstić information content (AvgIpc) is 2.74. The van der Waals surface area contributed by atoms with Crippen molar-refractivity contribution in [2.75, 3.05) is 6.61 Å². The SMILES string of the molecule is CCCCCCCCCCCCCCCO[Si](CC)(CC)OC1CCC(C)CC1. The van der Waals surface area contributed by atoms with Gasteiger partial charge in [-0.2, -0.15) is 0 Å². The van der Waals surface area contributed by atoms with E-state index in [-0.39, 0.29) is 0 Å². The standard InChI is InChI=1S/C26H54O2Si/c1-5-8-9-10-11-12-13-14-15-16-17-18-19-24-27-29(6-2,7-3)28-26-22-20-25(4)21-23-26/h25-26H,5-24H2,1-4H3. The van der Waals surface area contributed by atoms with E-state index in [0.717, 1.165) is 24.6 Å². The van der Waals surface area contributed by atoms with E-state index in [1.165, 1.54) is 109 Å². The van der Waals surface area contributed by atoms with E-state index >= 15 is 0 Å². The fourth-order valence-electron chi connectivity index (χ4n) is 4.68. The minimum Gasteiger partial charge on any atom is -0.394 e. The number of unbranched alkanes of at least 4 members (excludes halogenated alkanes) is 12. The van der Waals surface area contributed by atoms with Crippen LogP contribution >= 0.6 is 0 Å². The molecule has 174 valence electrons. The van der Waals surface area contributed by atoms with Gasteiger partial charge in [-0.15, -0.1) is 0 Å². The number of rotatable bonds is 19. The molecule has 0 aromatic heterocycles. The molecule has 0 aromatic rings. The molecule has 1 aliphatic rings. The van der Waals surface area contributed by atoms with Crippen molar-refractivity contribution in [1.82, 2.24) is 0 Å². The summed E-state index contributed by atoms with van der Waals surface area (Å²) >= 11 is 0. The molecule has 0 heterocycles. The molecule has 1 fully saturated rings. The number of hydrogen-bond acceptors (Lipinski definition) is 2. The zero-order chi connectivity index (χ0) is 21.2. The van der Waals surface area contributed by atoms with Gasteiger partial charge >= 0.3 is 8.56 Å². The van der Waals surface area contributed by atoms with Crippen LogP contribution in [0.5, 0.6) is 0 Å². The fourth-order valence-corrected chi connectivity index (χ4v) is 7.35. The van der Waals surface area contributed by atoms with Gasteiger partial charge in [-0.05, 0) is 50.1 Å². The molecule has 0 aromatic carbocycles. The van der Waals surface area contributed by atoms with Crippen molar-refractivity contribution in [3.63, 3.8) is 0 Å². The summed E-state index contributed by atoms with van der Waals surface area (Å²) in [6.45, 7) is 10.2. The van der Waals surface area contributed by atoms with Gasteiger partial charge in [-0.25, -0.2) is 0 Å². The highest BCUT2D eigenvalue weighted by molar-refractivity contribution is 6.67. The molecule has 1 rings (SSSR count). The second-order valence-electron chi connectivity index (χ2n) is 9.71. The molecule has 0 aliphatic heterocycles. The van der Waals surface area contributed by atoms with Crippen molar-refractivity contribution in [1.29, 1.82) is 0 Å². The minimum atomic E-state index is -1.96. The summed E-state index contributed by atoms with van der Waals surface area (Å²) in [5, 5.41) is 0. The first-order valence-electron chi connectivity index (χ1n) is 13.5. The molecule has 0 atom stereocenters. The normalized spacial score (nSPS) is 20.3. The highest BCUT2D eigenvalue weighted by Gasteiger charge is 2.37. The highest BCUT2D eigenvalue weighted by Crippen LogP contribution is 2.30. The van der Waals surface area contributed by atoms with E-state index < -0.39 is 8.56 Å².